The predicted octanol–water partition coefficient (Wildman–Crippen LogP) is 5.30. The first-order chi connectivity index (χ1) is 13.9. The second kappa shape index (κ2) is 8.09. The van der Waals surface area contributed by atoms with Crippen LogP contribution in [0.5, 0.6) is 5.75 Å². The summed E-state index contributed by atoms with van der Waals surface area (Å²) in [5.41, 5.74) is 6.58. The van der Waals surface area contributed by atoms with Gasteiger partial charge in [0.2, 0.25) is 0 Å². The number of nitrogens with zero attached hydrogens (tertiary/aromatic N) is 1. The minimum atomic E-state index is -0.147. The Morgan fingerprint density at radius 1 is 1.34 bits per heavy atom. The van der Waals surface area contributed by atoms with Crippen molar-refractivity contribution in [3.05, 3.63) is 56.4 Å². The van der Waals surface area contributed by atoms with E-state index in [-0.39, 0.29) is 23.1 Å². The number of rotatable bonds is 5. The van der Waals surface area contributed by atoms with Crippen molar-refractivity contribution in [2.75, 3.05) is 0 Å². The summed E-state index contributed by atoms with van der Waals surface area (Å²) in [6.45, 7) is 4.51. The zero-order chi connectivity index (χ0) is 20.6. The Hall–Kier alpha value is -1.89. The van der Waals surface area contributed by atoms with Gasteiger partial charge < -0.3 is 15.5 Å². The third kappa shape index (κ3) is 3.81. The predicted molar refractivity (Wildman–Crippen MR) is 119 cm³/mol. The van der Waals surface area contributed by atoms with Crippen molar-refractivity contribution in [2.45, 2.75) is 51.7 Å². The van der Waals surface area contributed by atoms with Crippen molar-refractivity contribution in [2.24, 2.45) is 17.1 Å². The smallest absolute Gasteiger partial charge is 0.255 e. The molecule has 1 aromatic carbocycles. The van der Waals surface area contributed by atoms with Crippen molar-refractivity contribution in [1.82, 2.24) is 9.97 Å². The van der Waals surface area contributed by atoms with E-state index in [0.717, 1.165) is 36.1 Å². The molecule has 0 saturated heterocycles. The molecule has 7 heteroatoms. The molecule has 0 bridgehead atoms. The highest BCUT2D eigenvalue weighted by atomic mass is 35.5. The molecule has 1 fully saturated rings. The van der Waals surface area contributed by atoms with Crippen molar-refractivity contribution in [3.8, 4) is 5.75 Å². The summed E-state index contributed by atoms with van der Waals surface area (Å²) < 4.78 is 6.28. The van der Waals surface area contributed by atoms with Gasteiger partial charge in [0, 0.05) is 23.2 Å². The summed E-state index contributed by atoms with van der Waals surface area (Å²) in [5, 5.41) is 4.87. The molecule has 3 aromatic rings. The normalized spacial score (nSPS) is 23.4. The van der Waals surface area contributed by atoms with Crippen LogP contribution in [0.1, 0.15) is 50.6 Å². The van der Waals surface area contributed by atoms with Crippen LogP contribution < -0.4 is 16.0 Å². The van der Waals surface area contributed by atoms with Crippen LogP contribution in [0.15, 0.2) is 40.8 Å². The molecule has 2 aromatic heterocycles. The lowest BCUT2D eigenvalue weighted by molar-refractivity contribution is 0.0260. The summed E-state index contributed by atoms with van der Waals surface area (Å²) in [4.78, 5) is 19.1. The summed E-state index contributed by atoms with van der Waals surface area (Å²) >= 11 is 8.05. The number of benzene rings is 1. The number of ether oxygens (including phenoxy) is 1. The van der Waals surface area contributed by atoms with Crippen molar-refractivity contribution < 1.29 is 4.74 Å². The van der Waals surface area contributed by atoms with Gasteiger partial charge >= 0.3 is 0 Å². The number of hydrogen-bond acceptors (Lipinski definition) is 5. The van der Waals surface area contributed by atoms with Gasteiger partial charge in [-0.05, 0) is 60.6 Å². The molecule has 5 nitrogen and oxygen atoms in total. The van der Waals surface area contributed by atoms with Gasteiger partial charge in [-0.1, -0.05) is 25.4 Å². The Morgan fingerprint density at radius 3 is 2.76 bits per heavy atom. The summed E-state index contributed by atoms with van der Waals surface area (Å²) in [6.07, 6.45) is 7.36. The molecule has 4 rings (SSSR count). The largest absolute Gasteiger partial charge is 0.489 e. The molecule has 1 saturated carbocycles. The fourth-order valence-corrected chi connectivity index (χ4v) is 5.56. The second-order valence-corrected chi connectivity index (χ2v) is 9.56. The average Bonchev–Trinajstić information content (AvgIpc) is 3.24. The number of aromatic nitrogens is 2. The van der Waals surface area contributed by atoms with Gasteiger partial charge in [0.25, 0.3) is 5.56 Å². The lowest BCUT2D eigenvalue weighted by atomic mass is 9.62. The maximum Gasteiger partial charge on any atom is 0.255 e. The number of aromatic amines is 1. The third-order valence-electron chi connectivity index (χ3n) is 6.47. The van der Waals surface area contributed by atoms with E-state index in [0.29, 0.717) is 22.1 Å². The molecule has 0 aliphatic heterocycles. The highest BCUT2D eigenvalue weighted by Gasteiger charge is 2.44. The molecule has 154 valence electrons. The number of halogens is 1. The van der Waals surface area contributed by atoms with Crippen LogP contribution in [0.3, 0.4) is 0 Å². The molecular formula is C22H26ClN3O2S. The molecule has 29 heavy (non-hydrogen) atoms. The van der Waals surface area contributed by atoms with Crippen molar-refractivity contribution >= 4 is 33.7 Å². The molecule has 0 amide bonds. The number of hydrogen-bond donors (Lipinski definition) is 2. The first-order valence-electron chi connectivity index (χ1n) is 10.0. The molecule has 0 spiro atoms. The molecule has 1 unspecified atom stereocenters. The van der Waals surface area contributed by atoms with E-state index in [1.54, 1.807) is 23.6 Å². The molecule has 1 aliphatic rings. The second-order valence-electron chi connectivity index (χ2n) is 8.23. The van der Waals surface area contributed by atoms with E-state index in [1.165, 1.54) is 0 Å². The Balaban J connectivity index is 1.51. The average molecular weight is 432 g/mol. The van der Waals surface area contributed by atoms with Crippen LogP contribution in [0.25, 0.3) is 10.8 Å². The van der Waals surface area contributed by atoms with E-state index < -0.39 is 0 Å². The number of nitrogens with two attached hydrogens (primary N) is 1. The van der Waals surface area contributed by atoms with Crippen LogP contribution in [0.2, 0.25) is 5.02 Å². The number of fused-ring (bicyclic) bond motifs is 1. The molecule has 1 atom stereocenters. The standard InChI is InChI=1S/C22H26ClN3O2S/c1-13(2)22(19(24)21-26-9-10-29-21)6-3-15(4-7-22)28-18-11-14-5-8-25-20(27)16(14)12-17(18)23/h5,8-13,15,19H,3-4,6-7,24H2,1-2H3,(H,25,27). The maximum absolute atomic E-state index is 12.0. The molecular weight excluding hydrogens is 406 g/mol. The zero-order valence-electron chi connectivity index (χ0n) is 16.7. The Bertz CT molecular complexity index is 1040. The SMILES string of the molecule is CC(C)C1(C(N)c2nccs2)CCC(Oc2cc3cc[nH]c(=O)c3cc2Cl)CC1. The van der Waals surface area contributed by atoms with Crippen molar-refractivity contribution in [1.29, 1.82) is 0 Å². The molecule has 3 N–H and O–H groups in total. The van der Waals surface area contributed by atoms with Gasteiger partial charge in [-0.15, -0.1) is 11.3 Å². The molecule has 0 radical (unpaired) electrons. The maximum atomic E-state index is 12.0. The lowest BCUT2D eigenvalue weighted by Crippen LogP contribution is -2.44. The van der Waals surface area contributed by atoms with Gasteiger partial charge in [-0.3, -0.25) is 4.79 Å². The van der Waals surface area contributed by atoms with Crippen molar-refractivity contribution in [3.63, 3.8) is 0 Å². The van der Waals surface area contributed by atoms with E-state index in [2.05, 4.69) is 23.8 Å². The molecule has 1 aliphatic carbocycles. The van der Waals surface area contributed by atoms with Gasteiger partial charge in [-0.25, -0.2) is 4.98 Å². The Morgan fingerprint density at radius 2 is 2.10 bits per heavy atom. The van der Waals surface area contributed by atoms with E-state index in [4.69, 9.17) is 22.1 Å². The first-order valence-corrected chi connectivity index (χ1v) is 11.3. The summed E-state index contributed by atoms with van der Waals surface area (Å²) in [6, 6.07) is 5.35. The van der Waals surface area contributed by atoms with Crippen LogP contribution in [-0.4, -0.2) is 16.1 Å². The van der Waals surface area contributed by atoms with E-state index >= 15 is 0 Å². The Labute approximate surface area is 179 Å². The minimum Gasteiger partial charge on any atom is -0.489 e. The van der Waals surface area contributed by atoms with E-state index in [9.17, 15) is 4.79 Å². The minimum absolute atomic E-state index is 0.0260. The number of nitrogens with one attached hydrogen (secondary N) is 1. The summed E-state index contributed by atoms with van der Waals surface area (Å²) in [5.74, 6) is 1.09. The number of thiazole rings is 1. The van der Waals surface area contributed by atoms with Crippen LogP contribution >= 0.6 is 22.9 Å². The van der Waals surface area contributed by atoms with Crippen LogP contribution in [0.4, 0.5) is 0 Å². The lowest BCUT2D eigenvalue weighted by Gasteiger charge is -2.46. The monoisotopic (exact) mass is 431 g/mol. The first kappa shape index (κ1) is 20.4. The van der Waals surface area contributed by atoms with Crippen LogP contribution in [0, 0.1) is 11.3 Å². The number of pyridine rings is 1. The highest BCUT2D eigenvalue weighted by Crippen LogP contribution is 2.51. The summed E-state index contributed by atoms with van der Waals surface area (Å²) in [7, 11) is 0. The van der Waals surface area contributed by atoms with Gasteiger partial charge in [0.05, 0.1) is 17.2 Å². The topological polar surface area (TPSA) is 81.0 Å². The van der Waals surface area contributed by atoms with Gasteiger partial charge in [-0.2, -0.15) is 0 Å². The Kier molecular flexibility index (Phi) is 5.69. The van der Waals surface area contributed by atoms with Crippen LogP contribution in [-0.2, 0) is 0 Å². The highest BCUT2D eigenvalue weighted by molar-refractivity contribution is 7.09. The van der Waals surface area contributed by atoms with Gasteiger partial charge in [0.1, 0.15) is 10.8 Å². The third-order valence-corrected chi connectivity index (χ3v) is 7.62. The van der Waals surface area contributed by atoms with E-state index in [1.807, 2.05) is 23.7 Å². The number of H-pyrrole nitrogens is 1. The fourth-order valence-electron chi connectivity index (χ4n) is 4.59. The quantitative estimate of drug-likeness (QED) is 0.574. The molecule has 2 heterocycles. The zero-order valence-corrected chi connectivity index (χ0v) is 18.2. The van der Waals surface area contributed by atoms with Gasteiger partial charge in [0.15, 0.2) is 0 Å². The fraction of sp³-hybridized carbons (Fsp3) is 0.455.